The van der Waals surface area contributed by atoms with E-state index in [4.69, 9.17) is 0 Å². The minimum atomic E-state index is -0.0803. The number of carbonyl (C=O) groups excluding carboxylic acids is 2. The number of fused-ring (bicyclic) bond motifs is 1. The van der Waals surface area contributed by atoms with Gasteiger partial charge in [-0.15, -0.1) is 0 Å². The molecular weight excluding hydrogens is 436 g/mol. The van der Waals surface area contributed by atoms with Crippen LogP contribution in [0.25, 0.3) is 10.9 Å². The number of nitrogens with one attached hydrogen (secondary N) is 2. The number of carbonyl (C=O) groups is 2. The average Bonchev–Trinajstić information content (AvgIpc) is 3.50. The molecule has 0 aliphatic carbocycles. The fourth-order valence-electron chi connectivity index (χ4n) is 5.70. The van der Waals surface area contributed by atoms with Crippen molar-refractivity contribution in [3.05, 3.63) is 71.4 Å². The monoisotopic (exact) mass is 472 g/mol. The summed E-state index contributed by atoms with van der Waals surface area (Å²) in [6, 6.07) is 16.8. The number of aromatic amines is 1. The fraction of sp³-hybridized carbons (Fsp3) is 0.448. The fourth-order valence-corrected chi connectivity index (χ4v) is 5.70. The van der Waals surface area contributed by atoms with E-state index in [1.165, 1.54) is 18.4 Å². The van der Waals surface area contributed by atoms with E-state index >= 15 is 0 Å². The molecule has 5 rings (SSSR count). The molecule has 2 aliphatic rings. The minimum Gasteiger partial charge on any atom is -0.360 e. The lowest BCUT2D eigenvalue weighted by molar-refractivity contribution is 0.0690. The number of hydrogen-bond donors (Lipinski definition) is 2. The third kappa shape index (κ3) is 5.43. The first kappa shape index (κ1) is 23.6. The summed E-state index contributed by atoms with van der Waals surface area (Å²) in [6.45, 7) is 3.37. The summed E-state index contributed by atoms with van der Waals surface area (Å²) in [7, 11) is 2.16. The molecule has 1 aromatic heterocycles. The molecule has 0 saturated carbocycles. The highest BCUT2D eigenvalue weighted by atomic mass is 16.2. The van der Waals surface area contributed by atoms with E-state index in [-0.39, 0.29) is 11.8 Å². The number of piperidine rings is 1. The number of hydrogen-bond acceptors (Lipinski definition) is 3. The zero-order chi connectivity index (χ0) is 24.2. The Labute approximate surface area is 207 Å². The van der Waals surface area contributed by atoms with Gasteiger partial charge in [-0.1, -0.05) is 30.3 Å². The second-order valence-electron chi connectivity index (χ2n) is 10.2. The number of aromatic nitrogens is 1. The van der Waals surface area contributed by atoms with Gasteiger partial charge in [0.15, 0.2) is 0 Å². The second-order valence-corrected chi connectivity index (χ2v) is 10.2. The lowest BCUT2D eigenvalue weighted by Crippen LogP contribution is -2.38. The van der Waals surface area contributed by atoms with E-state index in [2.05, 4.69) is 52.6 Å². The largest absolute Gasteiger partial charge is 0.360 e. The maximum Gasteiger partial charge on any atom is 0.253 e. The summed E-state index contributed by atoms with van der Waals surface area (Å²) in [5.41, 5.74) is 3.51. The molecule has 6 nitrogen and oxygen atoms in total. The molecule has 2 aliphatic heterocycles. The summed E-state index contributed by atoms with van der Waals surface area (Å²) < 4.78 is 0. The Bertz CT molecular complexity index is 1160. The zero-order valence-corrected chi connectivity index (χ0v) is 20.6. The number of amides is 2. The Morgan fingerprint density at radius 2 is 1.83 bits per heavy atom. The van der Waals surface area contributed by atoms with Gasteiger partial charge >= 0.3 is 0 Å². The van der Waals surface area contributed by atoms with Crippen LogP contribution in [0.15, 0.2) is 54.7 Å². The Morgan fingerprint density at radius 3 is 2.57 bits per heavy atom. The highest BCUT2D eigenvalue weighted by molar-refractivity contribution is 6.08. The van der Waals surface area contributed by atoms with Gasteiger partial charge < -0.3 is 20.1 Å². The van der Waals surface area contributed by atoms with Gasteiger partial charge in [-0.3, -0.25) is 9.59 Å². The number of nitrogens with zero attached hydrogens (tertiary/aromatic N) is 2. The van der Waals surface area contributed by atoms with Crippen molar-refractivity contribution in [1.82, 2.24) is 20.1 Å². The molecule has 3 heterocycles. The number of H-pyrrole nitrogens is 1. The maximum absolute atomic E-state index is 13.3. The van der Waals surface area contributed by atoms with Crippen molar-refractivity contribution in [2.45, 2.75) is 44.6 Å². The molecule has 184 valence electrons. The molecule has 6 heteroatoms. The van der Waals surface area contributed by atoms with Gasteiger partial charge in [0.05, 0.1) is 5.56 Å². The number of benzene rings is 2. The first-order valence-electron chi connectivity index (χ1n) is 13.0. The average molecular weight is 473 g/mol. The molecule has 2 fully saturated rings. The van der Waals surface area contributed by atoms with Crippen molar-refractivity contribution in [3.8, 4) is 0 Å². The quantitative estimate of drug-likeness (QED) is 0.533. The van der Waals surface area contributed by atoms with Crippen LogP contribution in [0.3, 0.4) is 0 Å². The zero-order valence-electron chi connectivity index (χ0n) is 20.6. The highest BCUT2D eigenvalue weighted by Gasteiger charge is 2.25. The van der Waals surface area contributed by atoms with Crippen LogP contribution in [0, 0.1) is 5.92 Å². The van der Waals surface area contributed by atoms with Gasteiger partial charge in [0.1, 0.15) is 0 Å². The van der Waals surface area contributed by atoms with Crippen molar-refractivity contribution < 1.29 is 9.59 Å². The maximum atomic E-state index is 13.3. The van der Waals surface area contributed by atoms with E-state index in [1.54, 1.807) is 6.20 Å². The molecule has 0 radical (unpaired) electrons. The predicted molar refractivity (Wildman–Crippen MR) is 140 cm³/mol. The Hall–Kier alpha value is -3.12. The van der Waals surface area contributed by atoms with Gasteiger partial charge in [0.2, 0.25) is 0 Å². The molecule has 2 saturated heterocycles. The summed E-state index contributed by atoms with van der Waals surface area (Å²) in [5, 5.41) is 3.89. The first-order valence-corrected chi connectivity index (χ1v) is 13.0. The molecule has 2 N–H and O–H groups in total. The summed E-state index contributed by atoms with van der Waals surface area (Å²) >= 11 is 0. The molecule has 1 atom stereocenters. The van der Waals surface area contributed by atoms with Crippen molar-refractivity contribution in [3.63, 3.8) is 0 Å². The molecule has 35 heavy (non-hydrogen) atoms. The third-order valence-electron chi connectivity index (χ3n) is 7.88. The van der Waals surface area contributed by atoms with Crippen molar-refractivity contribution >= 4 is 22.7 Å². The van der Waals surface area contributed by atoms with E-state index < -0.39 is 0 Å². The number of likely N-dealkylation sites (tertiary alicyclic amines) is 2. The van der Waals surface area contributed by atoms with Gasteiger partial charge in [0, 0.05) is 48.3 Å². The van der Waals surface area contributed by atoms with Crippen LogP contribution in [0.4, 0.5) is 0 Å². The summed E-state index contributed by atoms with van der Waals surface area (Å²) in [6.07, 6.45) is 8.29. The second kappa shape index (κ2) is 10.6. The molecular formula is C29H36N4O2. The van der Waals surface area contributed by atoms with E-state index in [9.17, 15) is 9.59 Å². The Morgan fingerprint density at radius 1 is 1.03 bits per heavy atom. The van der Waals surface area contributed by atoms with Gasteiger partial charge in [-0.05, 0) is 81.8 Å². The first-order chi connectivity index (χ1) is 17.1. The smallest absolute Gasteiger partial charge is 0.253 e. The van der Waals surface area contributed by atoms with Crippen LogP contribution in [0.5, 0.6) is 0 Å². The number of rotatable bonds is 7. The third-order valence-corrected chi connectivity index (χ3v) is 7.88. The van der Waals surface area contributed by atoms with Gasteiger partial charge in [-0.25, -0.2) is 0 Å². The topological polar surface area (TPSA) is 68.4 Å². The normalized spacial score (nSPS) is 19.3. The van der Waals surface area contributed by atoms with E-state index in [1.807, 2.05) is 23.1 Å². The summed E-state index contributed by atoms with van der Waals surface area (Å²) in [4.78, 5) is 33.7. The molecule has 0 spiro atoms. The van der Waals surface area contributed by atoms with Crippen LogP contribution < -0.4 is 5.32 Å². The highest BCUT2D eigenvalue weighted by Crippen LogP contribution is 2.25. The van der Waals surface area contributed by atoms with E-state index in [0.29, 0.717) is 29.6 Å². The predicted octanol–water partition coefficient (Wildman–Crippen LogP) is 4.48. The molecule has 2 aromatic carbocycles. The molecule has 2 amide bonds. The van der Waals surface area contributed by atoms with Gasteiger partial charge in [-0.2, -0.15) is 0 Å². The van der Waals surface area contributed by atoms with E-state index in [0.717, 1.165) is 56.2 Å². The van der Waals surface area contributed by atoms with Crippen LogP contribution in [-0.4, -0.2) is 65.9 Å². The van der Waals surface area contributed by atoms with Crippen LogP contribution in [0.2, 0.25) is 0 Å². The standard InChI is InChI=1S/C29H36N4O2/c1-32-15-5-8-24(32)11-14-30-28(34)26-20-31-27-10-9-23(19-25(26)27)29(35)33-16-12-22(13-17-33)18-21-6-3-2-4-7-21/h2-4,6-7,9-10,19-20,22,24,31H,5,8,11-18H2,1H3,(H,30,34). The lowest BCUT2D eigenvalue weighted by atomic mass is 9.90. The molecule has 3 aromatic rings. The SMILES string of the molecule is CN1CCCC1CCNC(=O)c1c[nH]c2ccc(C(=O)N3CCC(Cc4ccccc4)CC3)cc12. The van der Waals surface area contributed by atoms with Crippen molar-refractivity contribution in [2.24, 2.45) is 5.92 Å². The molecule has 1 unspecified atom stereocenters. The van der Waals surface area contributed by atoms with Crippen LogP contribution in [0.1, 0.15) is 58.4 Å². The van der Waals surface area contributed by atoms with Crippen molar-refractivity contribution in [2.75, 3.05) is 33.2 Å². The Kier molecular flexibility index (Phi) is 7.19. The van der Waals surface area contributed by atoms with Gasteiger partial charge in [0.25, 0.3) is 11.8 Å². The van der Waals surface area contributed by atoms with Crippen LogP contribution >= 0.6 is 0 Å². The Balaban J connectivity index is 1.19. The molecule has 0 bridgehead atoms. The summed E-state index contributed by atoms with van der Waals surface area (Å²) in [5.74, 6) is 0.595. The minimum absolute atomic E-state index is 0.0573. The lowest BCUT2D eigenvalue weighted by Gasteiger charge is -2.32. The van der Waals surface area contributed by atoms with Crippen LogP contribution in [-0.2, 0) is 6.42 Å². The van der Waals surface area contributed by atoms with Crippen molar-refractivity contribution in [1.29, 1.82) is 0 Å².